The highest BCUT2D eigenvalue weighted by atomic mass is 16.5. The maximum Gasteiger partial charge on any atom is 0.213 e. The predicted molar refractivity (Wildman–Crippen MR) is 53.6 cm³/mol. The largest absolute Gasteiger partial charge is 0.477 e. The molecule has 13 heavy (non-hydrogen) atoms. The fourth-order valence-electron chi connectivity index (χ4n) is 0.768. The molecule has 0 bridgehead atoms. The first-order valence-electron chi connectivity index (χ1n) is 4.32. The van der Waals surface area contributed by atoms with Crippen LogP contribution in [-0.4, -0.2) is 11.6 Å². The summed E-state index contributed by atoms with van der Waals surface area (Å²) in [6, 6.07) is 3.56. The zero-order chi connectivity index (χ0) is 9.90. The van der Waals surface area contributed by atoms with Gasteiger partial charge in [-0.15, -0.1) is 0 Å². The molecular weight excluding hydrogens is 164 g/mol. The Morgan fingerprint density at radius 3 is 2.54 bits per heavy atom. The van der Waals surface area contributed by atoms with Gasteiger partial charge < -0.3 is 10.5 Å². The van der Waals surface area contributed by atoms with Gasteiger partial charge in [0, 0.05) is 6.07 Å². The van der Waals surface area contributed by atoms with Crippen molar-refractivity contribution in [1.82, 2.24) is 4.98 Å². The number of aromatic nitrogens is 1. The molecule has 1 aromatic rings. The van der Waals surface area contributed by atoms with Crippen molar-refractivity contribution in [3.63, 3.8) is 0 Å². The van der Waals surface area contributed by atoms with E-state index in [0.717, 1.165) is 0 Å². The Kier molecular flexibility index (Phi) is 2.76. The number of nitrogen functional groups attached to an aromatic ring is 1. The van der Waals surface area contributed by atoms with Crippen molar-refractivity contribution >= 4 is 5.69 Å². The summed E-state index contributed by atoms with van der Waals surface area (Å²) in [7, 11) is 0. The zero-order valence-corrected chi connectivity index (χ0v) is 8.37. The number of anilines is 1. The molecule has 0 aliphatic rings. The van der Waals surface area contributed by atoms with E-state index in [9.17, 15) is 0 Å². The minimum Gasteiger partial charge on any atom is -0.477 e. The maximum atomic E-state index is 5.49. The van der Waals surface area contributed by atoms with Crippen LogP contribution in [0.3, 0.4) is 0 Å². The molecule has 0 saturated heterocycles. The Morgan fingerprint density at radius 2 is 2.08 bits per heavy atom. The molecule has 0 atom stereocenters. The van der Waals surface area contributed by atoms with Gasteiger partial charge in [-0.3, -0.25) is 0 Å². The minimum atomic E-state index is 0.156. The van der Waals surface area contributed by atoms with Crippen LogP contribution in [0.4, 0.5) is 5.69 Å². The summed E-state index contributed by atoms with van der Waals surface area (Å²) in [5, 5.41) is 0. The van der Waals surface area contributed by atoms with E-state index < -0.39 is 0 Å². The van der Waals surface area contributed by atoms with Crippen LogP contribution in [0.1, 0.15) is 20.8 Å². The second-order valence-electron chi connectivity index (χ2n) is 4.28. The number of ether oxygens (including phenoxy) is 1. The van der Waals surface area contributed by atoms with Crippen LogP contribution in [0, 0.1) is 5.41 Å². The molecule has 0 fully saturated rings. The van der Waals surface area contributed by atoms with Gasteiger partial charge in [0.1, 0.15) is 0 Å². The fraction of sp³-hybridized carbons (Fsp3) is 0.500. The molecule has 0 aromatic carbocycles. The number of rotatable bonds is 2. The Balaban J connectivity index is 2.51. The smallest absolute Gasteiger partial charge is 0.213 e. The van der Waals surface area contributed by atoms with Gasteiger partial charge in [0.2, 0.25) is 5.88 Å². The van der Waals surface area contributed by atoms with Gasteiger partial charge in [0.15, 0.2) is 0 Å². The molecule has 72 valence electrons. The number of nitrogens with zero attached hydrogens (tertiary/aromatic N) is 1. The lowest BCUT2D eigenvalue weighted by molar-refractivity contribution is 0.191. The predicted octanol–water partition coefficient (Wildman–Crippen LogP) is 2.09. The summed E-state index contributed by atoms with van der Waals surface area (Å²) in [6.07, 6.45) is 1.60. The summed E-state index contributed by atoms with van der Waals surface area (Å²) < 4.78 is 5.46. The molecule has 2 N–H and O–H groups in total. The van der Waals surface area contributed by atoms with Gasteiger partial charge in [-0.1, -0.05) is 20.8 Å². The lowest BCUT2D eigenvalue weighted by Gasteiger charge is -2.18. The van der Waals surface area contributed by atoms with E-state index in [-0.39, 0.29) is 5.41 Å². The van der Waals surface area contributed by atoms with Gasteiger partial charge >= 0.3 is 0 Å². The Bertz CT molecular complexity index is 261. The van der Waals surface area contributed by atoms with Crippen molar-refractivity contribution in [3.8, 4) is 5.88 Å². The van der Waals surface area contributed by atoms with E-state index in [0.29, 0.717) is 18.2 Å². The van der Waals surface area contributed by atoms with Crippen LogP contribution < -0.4 is 10.5 Å². The molecule has 1 rings (SSSR count). The molecule has 0 amide bonds. The highest BCUT2D eigenvalue weighted by Crippen LogP contribution is 2.16. The molecular formula is C10H16N2O. The van der Waals surface area contributed by atoms with Gasteiger partial charge in [-0.05, 0) is 11.5 Å². The number of nitrogens with two attached hydrogens (primary N) is 1. The van der Waals surface area contributed by atoms with E-state index in [1.165, 1.54) is 0 Å². The first-order chi connectivity index (χ1) is 5.97. The van der Waals surface area contributed by atoms with Crippen molar-refractivity contribution in [2.45, 2.75) is 20.8 Å². The van der Waals surface area contributed by atoms with Crippen LogP contribution in [-0.2, 0) is 0 Å². The van der Waals surface area contributed by atoms with E-state index in [2.05, 4.69) is 25.8 Å². The van der Waals surface area contributed by atoms with Gasteiger partial charge in [-0.25, -0.2) is 4.98 Å². The minimum absolute atomic E-state index is 0.156. The van der Waals surface area contributed by atoms with Crippen molar-refractivity contribution in [2.24, 2.45) is 5.41 Å². The second kappa shape index (κ2) is 3.64. The van der Waals surface area contributed by atoms with E-state index in [1.54, 1.807) is 18.3 Å². The lowest BCUT2D eigenvalue weighted by atomic mass is 9.99. The molecule has 1 heterocycles. The van der Waals surface area contributed by atoms with Crippen LogP contribution in [0.15, 0.2) is 18.3 Å². The van der Waals surface area contributed by atoms with Crippen LogP contribution in [0.25, 0.3) is 0 Å². The van der Waals surface area contributed by atoms with E-state index in [1.807, 2.05) is 0 Å². The third kappa shape index (κ3) is 3.78. The van der Waals surface area contributed by atoms with Crippen molar-refractivity contribution in [3.05, 3.63) is 18.3 Å². The lowest BCUT2D eigenvalue weighted by Crippen LogP contribution is -2.17. The SMILES string of the molecule is CC(C)(C)COc1ccc(N)cn1. The van der Waals surface area contributed by atoms with Gasteiger partial charge in [-0.2, -0.15) is 0 Å². The first kappa shape index (κ1) is 9.84. The summed E-state index contributed by atoms with van der Waals surface area (Å²) in [4.78, 5) is 4.03. The summed E-state index contributed by atoms with van der Waals surface area (Å²) in [5.41, 5.74) is 6.30. The van der Waals surface area contributed by atoms with Crippen LogP contribution >= 0.6 is 0 Å². The monoisotopic (exact) mass is 180 g/mol. The van der Waals surface area contributed by atoms with Crippen LogP contribution in [0.5, 0.6) is 5.88 Å². The molecule has 1 aromatic heterocycles. The number of pyridine rings is 1. The highest BCUT2D eigenvalue weighted by Gasteiger charge is 2.11. The van der Waals surface area contributed by atoms with Crippen molar-refractivity contribution in [1.29, 1.82) is 0 Å². The Labute approximate surface area is 78.9 Å². The molecule has 3 nitrogen and oxygen atoms in total. The Hall–Kier alpha value is -1.25. The summed E-state index contributed by atoms with van der Waals surface area (Å²) in [6.45, 7) is 7.00. The molecule has 0 saturated carbocycles. The molecule has 0 aliphatic heterocycles. The Morgan fingerprint density at radius 1 is 1.38 bits per heavy atom. The zero-order valence-electron chi connectivity index (χ0n) is 8.37. The van der Waals surface area contributed by atoms with Crippen LogP contribution in [0.2, 0.25) is 0 Å². The maximum absolute atomic E-state index is 5.49. The third-order valence-electron chi connectivity index (χ3n) is 1.41. The summed E-state index contributed by atoms with van der Waals surface area (Å²) in [5.74, 6) is 0.629. The normalized spacial score (nSPS) is 11.3. The average molecular weight is 180 g/mol. The average Bonchev–Trinajstić information content (AvgIpc) is 2.02. The van der Waals surface area contributed by atoms with Gasteiger partial charge in [0.05, 0.1) is 18.5 Å². The first-order valence-corrected chi connectivity index (χ1v) is 4.32. The molecule has 0 unspecified atom stereocenters. The quantitative estimate of drug-likeness (QED) is 0.758. The molecule has 0 aliphatic carbocycles. The van der Waals surface area contributed by atoms with E-state index >= 15 is 0 Å². The number of hydrogen-bond donors (Lipinski definition) is 1. The van der Waals surface area contributed by atoms with Crippen molar-refractivity contribution < 1.29 is 4.74 Å². The standard InChI is InChI=1S/C10H16N2O/c1-10(2,3)7-13-9-5-4-8(11)6-12-9/h4-6H,7,11H2,1-3H3. The highest BCUT2D eigenvalue weighted by molar-refractivity contribution is 5.35. The summed E-state index contributed by atoms with van der Waals surface area (Å²) >= 11 is 0. The van der Waals surface area contributed by atoms with E-state index in [4.69, 9.17) is 10.5 Å². The number of hydrogen-bond acceptors (Lipinski definition) is 3. The van der Waals surface area contributed by atoms with Crippen molar-refractivity contribution in [2.75, 3.05) is 12.3 Å². The third-order valence-corrected chi connectivity index (χ3v) is 1.41. The fourth-order valence-corrected chi connectivity index (χ4v) is 0.768. The molecule has 0 radical (unpaired) electrons. The second-order valence-corrected chi connectivity index (χ2v) is 4.28. The van der Waals surface area contributed by atoms with Gasteiger partial charge in [0.25, 0.3) is 0 Å². The molecule has 0 spiro atoms. The topological polar surface area (TPSA) is 48.1 Å². The molecule has 3 heteroatoms.